The predicted octanol–water partition coefficient (Wildman–Crippen LogP) is 3.36. The third-order valence-electron chi connectivity index (χ3n) is 3.66. The number of carbonyl (C=O) groups is 1. The normalized spacial score (nSPS) is 14.0. The van der Waals surface area contributed by atoms with Crippen LogP contribution in [-0.4, -0.2) is 24.7 Å². The summed E-state index contributed by atoms with van der Waals surface area (Å²) in [6, 6.07) is 6.30. The van der Waals surface area contributed by atoms with E-state index in [1.165, 1.54) is 12.1 Å². The molecule has 1 aromatic rings. The number of alkyl halides is 2. The molecule has 6 heteroatoms. The summed E-state index contributed by atoms with van der Waals surface area (Å²) in [4.78, 5) is 12.1. The molecule has 124 valence electrons. The molecule has 1 aromatic carbocycles. The summed E-state index contributed by atoms with van der Waals surface area (Å²) >= 11 is 0. The summed E-state index contributed by atoms with van der Waals surface area (Å²) in [5.74, 6) is -0.161. The van der Waals surface area contributed by atoms with Crippen LogP contribution in [0.1, 0.15) is 33.3 Å². The summed E-state index contributed by atoms with van der Waals surface area (Å²) in [5, 5.41) is 3.19. The molecule has 0 saturated heterocycles. The Hall–Kier alpha value is -1.69. The van der Waals surface area contributed by atoms with E-state index in [-0.39, 0.29) is 17.6 Å². The molecule has 0 aliphatic rings. The van der Waals surface area contributed by atoms with Gasteiger partial charge in [-0.1, -0.05) is 26.0 Å². The lowest BCUT2D eigenvalue weighted by molar-refractivity contribution is -0.152. The van der Waals surface area contributed by atoms with Crippen molar-refractivity contribution in [2.45, 2.75) is 46.4 Å². The topological polar surface area (TPSA) is 47.6 Å². The summed E-state index contributed by atoms with van der Waals surface area (Å²) in [5.41, 5.74) is 0.0477. The molecule has 1 rings (SSSR count). The van der Waals surface area contributed by atoms with E-state index >= 15 is 0 Å². The number of benzene rings is 1. The number of hydrogen-bond donors (Lipinski definition) is 1. The average Bonchev–Trinajstić information content (AvgIpc) is 2.45. The minimum atomic E-state index is -2.84. The van der Waals surface area contributed by atoms with Crippen molar-refractivity contribution >= 4 is 5.97 Å². The fraction of sp³-hybridized carbons (Fsp3) is 0.562. The van der Waals surface area contributed by atoms with Crippen molar-refractivity contribution in [3.63, 3.8) is 0 Å². The van der Waals surface area contributed by atoms with Crippen LogP contribution in [0.15, 0.2) is 24.3 Å². The quantitative estimate of drug-likeness (QED) is 0.747. The lowest BCUT2D eigenvalue weighted by Crippen LogP contribution is -2.54. The SMILES string of the molecule is CCOC(=O)[C@@](C)(NCc1ccc(OC(F)F)cc1)C(C)C. The van der Waals surface area contributed by atoms with Crippen molar-refractivity contribution in [1.82, 2.24) is 5.32 Å². The molecule has 0 amide bonds. The molecule has 4 nitrogen and oxygen atoms in total. The Balaban J connectivity index is 2.71. The highest BCUT2D eigenvalue weighted by Gasteiger charge is 2.37. The van der Waals surface area contributed by atoms with Crippen molar-refractivity contribution < 1.29 is 23.0 Å². The van der Waals surface area contributed by atoms with Crippen LogP contribution in [0.3, 0.4) is 0 Å². The van der Waals surface area contributed by atoms with Gasteiger partial charge in [0.05, 0.1) is 6.61 Å². The number of hydrogen-bond acceptors (Lipinski definition) is 4. The molecule has 1 N–H and O–H groups in total. The van der Waals surface area contributed by atoms with E-state index in [0.29, 0.717) is 13.2 Å². The van der Waals surface area contributed by atoms with Crippen molar-refractivity contribution in [3.05, 3.63) is 29.8 Å². The van der Waals surface area contributed by atoms with Crippen molar-refractivity contribution in [3.8, 4) is 5.75 Å². The number of halogens is 2. The highest BCUT2D eigenvalue weighted by molar-refractivity contribution is 5.80. The molecular weight excluding hydrogens is 292 g/mol. The van der Waals surface area contributed by atoms with E-state index < -0.39 is 12.2 Å². The molecule has 0 saturated carbocycles. The maximum Gasteiger partial charge on any atom is 0.387 e. The van der Waals surface area contributed by atoms with Gasteiger partial charge in [-0.25, -0.2) is 0 Å². The summed E-state index contributed by atoms with van der Waals surface area (Å²) in [6.45, 7) is 5.33. The summed E-state index contributed by atoms with van der Waals surface area (Å²) in [6.07, 6.45) is 0. The number of rotatable bonds is 8. The Morgan fingerprint density at radius 3 is 2.32 bits per heavy atom. The largest absolute Gasteiger partial charge is 0.465 e. The molecule has 0 radical (unpaired) electrons. The van der Waals surface area contributed by atoms with Crippen LogP contribution in [0.5, 0.6) is 5.75 Å². The molecule has 22 heavy (non-hydrogen) atoms. The van der Waals surface area contributed by atoms with Crippen LogP contribution in [0.25, 0.3) is 0 Å². The zero-order valence-corrected chi connectivity index (χ0v) is 13.4. The molecule has 0 aliphatic carbocycles. The average molecular weight is 315 g/mol. The number of ether oxygens (including phenoxy) is 2. The highest BCUT2D eigenvalue weighted by Crippen LogP contribution is 2.20. The van der Waals surface area contributed by atoms with E-state index in [9.17, 15) is 13.6 Å². The van der Waals surface area contributed by atoms with Gasteiger partial charge in [-0.05, 0) is 37.5 Å². The number of esters is 1. The van der Waals surface area contributed by atoms with Gasteiger partial charge in [-0.3, -0.25) is 10.1 Å². The van der Waals surface area contributed by atoms with E-state index in [2.05, 4.69) is 10.1 Å². The second-order valence-electron chi connectivity index (χ2n) is 5.45. The van der Waals surface area contributed by atoms with Gasteiger partial charge in [0.25, 0.3) is 0 Å². The van der Waals surface area contributed by atoms with Crippen LogP contribution in [0.2, 0.25) is 0 Å². The second-order valence-corrected chi connectivity index (χ2v) is 5.45. The maximum absolute atomic E-state index is 12.1. The van der Waals surface area contributed by atoms with Crippen molar-refractivity contribution in [1.29, 1.82) is 0 Å². The molecule has 0 bridgehead atoms. The summed E-state index contributed by atoms with van der Waals surface area (Å²) < 4.78 is 33.6. The van der Waals surface area contributed by atoms with Gasteiger partial charge < -0.3 is 9.47 Å². The zero-order chi connectivity index (χ0) is 16.8. The van der Waals surface area contributed by atoms with E-state index in [4.69, 9.17) is 4.74 Å². The van der Waals surface area contributed by atoms with Gasteiger partial charge in [-0.2, -0.15) is 8.78 Å². The minimum Gasteiger partial charge on any atom is -0.465 e. The Kier molecular flexibility index (Phi) is 6.74. The third-order valence-corrected chi connectivity index (χ3v) is 3.66. The van der Waals surface area contributed by atoms with Gasteiger partial charge in [0.1, 0.15) is 11.3 Å². The first kappa shape index (κ1) is 18.4. The van der Waals surface area contributed by atoms with Gasteiger partial charge >= 0.3 is 12.6 Å². The minimum absolute atomic E-state index is 0.0352. The molecule has 0 aromatic heterocycles. The predicted molar refractivity (Wildman–Crippen MR) is 79.8 cm³/mol. The second kappa shape index (κ2) is 8.08. The molecule has 0 fully saturated rings. The van der Waals surface area contributed by atoms with Crippen LogP contribution >= 0.6 is 0 Å². The Morgan fingerprint density at radius 1 is 1.27 bits per heavy atom. The van der Waals surface area contributed by atoms with Crippen LogP contribution in [0, 0.1) is 5.92 Å². The van der Waals surface area contributed by atoms with E-state index in [0.717, 1.165) is 5.56 Å². The van der Waals surface area contributed by atoms with Gasteiger partial charge in [0, 0.05) is 6.54 Å². The van der Waals surface area contributed by atoms with Gasteiger partial charge in [0.2, 0.25) is 0 Å². The lowest BCUT2D eigenvalue weighted by Gasteiger charge is -2.32. The Labute approximate surface area is 129 Å². The zero-order valence-electron chi connectivity index (χ0n) is 13.4. The van der Waals surface area contributed by atoms with Gasteiger partial charge in [-0.15, -0.1) is 0 Å². The van der Waals surface area contributed by atoms with Crippen molar-refractivity contribution in [2.24, 2.45) is 5.92 Å². The first-order valence-electron chi connectivity index (χ1n) is 7.25. The first-order chi connectivity index (χ1) is 10.3. The van der Waals surface area contributed by atoms with Crippen molar-refractivity contribution in [2.75, 3.05) is 6.61 Å². The maximum atomic E-state index is 12.1. The third kappa shape index (κ3) is 4.94. The van der Waals surface area contributed by atoms with Crippen LogP contribution in [-0.2, 0) is 16.1 Å². The number of nitrogens with one attached hydrogen (secondary N) is 1. The van der Waals surface area contributed by atoms with E-state index in [1.54, 1.807) is 26.0 Å². The molecule has 0 spiro atoms. The highest BCUT2D eigenvalue weighted by atomic mass is 19.3. The molecule has 1 atom stereocenters. The Bertz CT molecular complexity index is 477. The fourth-order valence-corrected chi connectivity index (χ4v) is 1.87. The molecule has 0 aliphatic heterocycles. The molecule has 0 unspecified atom stereocenters. The smallest absolute Gasteiger partial charge is 0.387 e. The van der Waals surface area contributed by atoms with Crippen LogP contribution < -0.4 is 10.1 Å². The Morgan fingerprint density at radius 2 is 1.86 bits per heavy atom. The lowest BCUT2D eigenvalue weighted by atomic mass is 9.88. The fourth-order valence-electron chi connectivity index (χ4n) is 1.87. The van der Waals surface area contributed by atoms with E-state index in [1.807, 2.05) is 13.8 Å². The monoisotopic (exact) mass is 315 g/mol. The van der Waals surface area contributed by atoms with Gasteiger partial charge in [0.15, 0.2) is 0 Å². The molecular formula is C16H23F2NO3. The van der Waals surface area contributed by atoms with Crippen LogP contribution in [0.4, 0.5) is 8.78 Å². The number of carbonyl (C=O) groups excluding carboxylic acids is 1. The standard InChI is InChI=1S/C16H23F2NO3/c1-5-21-14(20)16(4,11(2)3)19-10-12-6-8-13(9-7-12)22-15(17)18/h6-9,11,15,19H,5,10H2,1-4H3/t16-/m0/s1. The first-order valence-corrected chi connectivity index (χ1v) is 7.25. The molecule has 0 heterocycles. The summed E-state index contributed by atoms with van der Waals surface area (Å²) in [7, 11) is 0.